The number of rotatable bonds is 9. The van der Waals surface area contributed by atoms with Crippen molar-refractivity contribution in [1.82, 2.24) is 9.88 Å². The molecular formula is C24H27N3O2. The summed E-state index contributed by atoms with van der Waals surface area (Å²) < 4.78 is 5.48. The Morgan fingerprint density at radius 3 is 2.34 bits per heavy atom. The van der Waals surface area contributed by atoms with Gasteiger partial charge in [0, 0.05) is 38.2 Å². The number of carbonyl (C=O) groups is 1. The van der Waals surface area contributed by atoms with E-state index >= 15 is 0 Å². The SMILES string of the molecule is CCOc1ccc(CN(C)C(=O)CN(Cc2cccnc2)c2ccccc2)cc1. The maximum absolute atomic E-state index is 12.9. The molecule has 0 aliphatic rings. The van der Waals surface area contributed by atoms with E-state index in [1.165, 1.54) is 0 Å². The molecule has 0 fully saturated rings. The van der Waals surface area contributed by atoms with E-state index in [1.807, 2.05) is 86.9 Å². The third-order valence-corrected chi connectivity index (χ3v) is 4.62. The van der Waals surface area contributed by atoms with Gasteiger partial charge in [0.25, 0.3) is 0 Å². The minimum absolute atomic E-state index is 0.0617. The van der Waals surface area contributed by atoms with Gasteiger partial charge < -0.3 is 14.5 Å². The Labute approximate surface area is 172 Å². The molecule has 0 atom stereocenters. The number of nitrogens with zero attached hydrogens (tertiary/aromatic N) is 3. The first-order valence-corrected chi connectivity index (χ1v) is 9.80. The number of ether oxygens (including phenoxy) is 1. The second kappa shape index (κ2) is 10.3. The minimum atomic E-state index is 0.0617. The molecule has 1 amide bonds. The van der Waals surface area contributed by atoms with Crippen molar-refractivity contribution in [3.8, 4) is 5.75 Å². The monoisotopic (exact) mass is 389 g/mol. The number of benzene rings is 2. The van der Waals surface area contributed by atoms with E-state index in [1.54, 1.807) is 11.1 Å². The van der Waals surface area contributed by atoms with Crippen LogP contribution in [0.15, 0.2) is 79.1 Å². The highest BCUT2D eigenvalue weighted by Crippen LogP contribution is 2.17. The Bertz CT molecular complexity index is 883. The number of pyridine rings is 1. The van der Waals surface area contributed by atoms with Gasteiger partial charge in [0.2, 0.25) is 5.91 Å². The molecule has 0 radical (unpaired) electrons. The average molecular weight is 389 g/mol. The summed E-state index contributed by atoms with van der Waals surface area (Å²) >= 11 is 0. The molecule has 0 N–H and O–H groups in total. The summed E-state index contributed by atoms with van der Waals surface area (Å²) in [5.41, 5.74) is 3.15. The van der Waals surface area contributed by atoms with Crippen molar-refractivity contribution in [2.75, 3.05) is 25.1 Å². The fourth-order valence-corrected chi connectivity index (χ4v) is 3.09. The lowest BCUT2D eigenvalue weighted by Crippen LogP contribution is -2.38. The van der Waals surface area contributed by atoms with Crippen LogP contribution in [0.25, 0.3) is 0 Å². The molecule has 0 bridgehead atoms. The fraction of sp³-hybridized carbons (Fsp3) is 0.250. The first kappa shape index (κ1) is 20.4. The summed E-state index contributed by atoms with van der Waals surface area (Å²) in [4.78, 5) is 21.0. The van der Waals surface area contributed by atoms with Gasteiger partial charge in [0.1, 0.15) is 5.75 Å². The molecular weight excluding hydrogens is 362 g/mol. The summed E-state index contributed by atoms with van der Waals surface area (Å²) in [5, 5.41) is 0. The maximum Gasteiger partial charge on any atom is 0.242 e. The first-order valence-electron chi connectivity index (χ1n) is 9.80. The van der Waals surface area contributed by atoms with Crippen LogP contribution < -0.4 is 9.64 Å². The Kier molecular flexibility index (Phi) is 7.22. The molecule has 2 aromatic carbocycles. The zero-order valence-electron chi connectivity index (χ0n) is 17.0. The number of aromatic nitrogens is 1. The highest BCUT2D eigenvalue weighted by molar-refractivity contribution is 5.81. The lowest BCUT2D eigenvalue weighted by atomic mass is 10.2. The van der Waals surface area contributed by atoms with Crippen LogP contribution in [0.2, 0.25) is 0 Å². The number of carbonyl (C=O) groups excluding carboxylic acids is 1. The van der Waals surface area contributed by atoms with Crippen molar-refractivity contribution in [2.45, 2.75) is 20.0 Å². The predicted octanol–water partition coefficient (Wildman–Crippen LogP) is 4.15. The van der Waals surface area contributed by atoms with E-state index in [2.05, 4.69) is 9.88 Å². The fourth-order valence-electron chi connectivity index (χ4n) is 3.09. The number of anilines is 1. The molecule has 150 valence electrons. The highest BCUT2D eigenvalue weighted by Gasteiger charge is 2.16. The van der Waals surface area contributed by atoms with E-state index in [-0.39, 0.29) is 5.91 Å². The van der Waals surface area contributed by atoms with Crippen LogP contribution in [0.5, 0.6) is 5.75 Å². The quantitative estimate of drug-likeness (QED) is 0.552. The Morgan fingerprint density at radius 1 is 0.931 bits per heavy atom. The van der Waals surface area contributed by atoms with Crippen LogP contribution in [0.4, 0.5) is 5.69 Å². The second-order valence-electron chi connectivity index (χ2n) is 6.88. The van der Waals surface area contributed by atoms with Gasteiger partial charge in [-0.05, 0) is 48.4 Å². The number of hydrogen-bond acceptors (Lipinski definition) is 4. The number of likely N-dealkylation sites (N-methyl/N-ethyl adjacent to an activating group) is 1. The Hall–Kier alpha value is -3.34. The third kappa shape index (κ3) is 6.07. The summed E-state index contributed by atoms with van der Waals surface area (Å²) in [6.45, 7) is 4.09. The average Bonchev–Trinajstić information content (AvgIpc) is 2.76. The second-order valence-corrected chi connectivity index (χ2v) is 6.88. The Morgan fingerprint density at radius 2 is 1.69 bits per heavy atom. The molecule has 0 aliphatic heterocycles. The van der Waals surface area contributed by atoms with E-state index < -0.39 is 0 Å². The van der Waals surface area contributed by atoms with Gasteiger partial charge in [-0.2, -0.15) is 0 Å². The molecule has 3 rings (SSSR count). The van der Waals surface area contributed by atoms with Crippen molar-refractivity contribution in [3.05, 3.63) is 90.3 Å². The van der Waals surface area contributed by atoms with Crippen LogP contribution in [0, 0.1) is 0 Å². The van der Waals surface area contributed by atoms with E-state index in [0.29, 0.717) is 26.2 Å². The highest BCUT2D eigenvalue weighted by atomic mass is 16.5. The van der Waals surface area contributed by atoms with E-state index in [9.17, 15) is 4.79 Å². The van der Waals surface area contributed by atoms with Crippen molar-refractivity contribution < 1.29 is 9.53 Å². The zero-order valence-corrected chi connectivity index (χ0v) is 17.0. The molecule has 5 nitrogen and oxygen atoms in total. The largest absolute Gasteiger partial charge is 0.494 e. The molecule has 1 aromatic heterocycles. The summed E-state index contributed by atoms with van der Waals surface area (Å²) in [7, 11) is 1.84. The van der Waals surface area contributed by atoms with E-state index in [0.717, 1.165) is 22.6 Å². The van der Waals surface area contributed by atoms with Crippen LogP contribution in [-0.2, 0) is 17.9 Å². The Balaban J connectivity index is 1.66. The van der Waals surface area contributed by atoms with Crippen molar-refractivity contribution in [3.63, 3.8) is 0 Å². The smallest absolute Gasteiger partial charge is 0.242 e. The lowest BCUT2D eigenvalue weighted by Gasteiger charge is -2.27. The van der Waals surface area contributed by atoms with Crippen LogP contribution >= 0.6 is 0 Å². The van der Waals surface area contributed by atoms with Crippen molar-refractivity contribution >= 4 is 11.6 Å². The van der Waals surface area contributed by atoms with E-state index in [4.69, 9.17) is 4.74 Å². The molecule has 5 heteroatoms. The number of amides is 1. The molecule has 0 aliphatic carbocycles. The van der Waals surface area contributed by atoms with Gasteiger partial charge in [0.15, 0.2) is 0 Å². The molecule has 1 heterocycles. The summed E-state index contributed by atoms with van der Waals surface area (Å²) in [6.07, 6.45) is 3.59. The molecule has 3 aromatic rings. The molecule has 0 unspecified atom stereocenters. The summed E-state index contributed by atoms with van der Waals surface area (Å²) in [5.74, 6) is 0.906. The van der Waals surface area contributed by atoms with Crippen LogP contribution in [0.3, 0.4) is 0 Å². The number of para-hydroxylation sites is 1. The van der Waals surface area contributed by atoms with Gasteiger partial charge in [-0.15, -0.1) is 0 Å². The van der Waals surface area contributed by atoms with Crippen molar-refractivity contribution in [1.29, 1.82) is 0 Å². The van der Waals surface area contributed by atoms with Gasteiger partial charge in [-0.3, -0.25) is 9.78 Å². The van der Waals surface area contributed by atoms with Gasteiger partial charge in [-0.25, -0.2) is 0 Å². The van der Waals surface area contributed by atoms with Crippen LogP contribution in [0.1, 0.15) is 18.1 Å². The molecule has 29 heavy (non-hydrogen) atoms. The predicted molar refractivity (Wildman–Crippen MR) is 116 cm³/mol. The normalized spacial score (nSPS) is 10.4. The zero-order chi connectivity index (χ0) is 20.5. The molecule has 0 spiro atoms. The van der Waals surface area contributed by atoms with Gasteiger partial charge in [0.05, 0.1) is 13.2 Å². The minimum Gasteiger partial charge on any atom is -0.494 e. The molecule has 0 saturated carbocycles. The molecule has 0 saturated heterocycles. The van der Waals surface area contributed by atoms with Crippen molar-refractivity contribution in [2.24, 2.45) is 0 Å². The topological polar surface area (TPSA) is 45.7 Å². The summed E-state index contributed by atoms with van der Waals surface area (Å²) in [6, 6.07) is 21.8. The number of hydrogen-bond donors (Lipinski definition) is 0. The standard InChI is InChI=1S/C24H27N3O2/c1-3-29-23-13-11-20(12-14-23)17-26(2)24(28)19-27(22-9-5-4-6-10-22)18-21-8-7-15-25-16-21/h4-16H,3,17-19H2,1-2H3. The van der Waals surface area contributed by atoms with Gasteiger partial charge >= 0.3 is 0 Å². The lowest BCUT2D eigenvalue weighted by molar-refractivity contribution is -0.129. The van der Waals surface area contributed by atoms with Gasteiger partial charge in [-0.1, -0.05) is 36.4 Å². The van der Waals surface area contributed by atoms with Crippen LogP contribution in [-0.4, -0.2) is 36.0 Å². The third-order valence-electron chi connectivity index (χ3n) is 4.62. The first-order chi connectivity index (χ1) is 14.2. The maximum atomic E-state index is 12.9.